The van der Waals surface area contributed by atoms with Crippen LogP contribution in [0.4, 0.5) is 5.69 Å². The average Bonchev–Trinajstić information content (AvgIpc) is 2.73. The van der Waals surface area contributed by atoms with Gasteiger partial charge in [0.2, 0.25) is 0 Å². The fourth-order valence-corrected chi connectivity index (χ4v) is 1.90. The van der Waals surface area contributed by atoms with Crippen molar-refractivity contribution in [3.05, 3.63) is 41.0 Å². The van der Waals surface area contributed by atoms with E-state index in [0.29, 0.717) is 11.3 Å². The maximum absolute atomic E-state index is 12.2. The molecule has 0 radical (unpaired) electrons. The summed E-state index contributed by atoms with van der Waals surface area (Å²) >= 11 is 0. The Morgan fingerprint density at radius 1 is 1.29 bits per heavy atom. The smallest absolute Gasteiger partial charge is 0.339 e. The number of rotatable bonds is 3. The molecular weight excluding hydrogens is 272 g/mol. The number of pyridine rings is 1. The summed E-state index contributed by atoms with van der Waals surface area (Å²) in [7, 11) is 3.10. The molecule has 0 unspecified atom stereocenters. The lowest BCUT2D eigenvalue weighted by atomic mass is 10.2. The van der Waals surface area contributed by atoms with E-state index in [4.69, 9.17) is 0 Å². The number of nitrogens with zero attached hydrogens (tertiary/aromatic N) is 3. The molecule has 0 saturated heterocycles. The number of carbonyl (C=O) groups excluding carboxylic acids is 2. The minimum atomic E-state index is -0.492. The van der Waals surface area contributed by atoms with Gasteiger partial charge in [-0.05, 0) is 26.0 Å². The lowest BCUT2D eigenvalue weighted by Crippen LogP contribution is -2.15. The first kappa shape index (κ1) is 14.7. The number of esters is 1. The zero-order valence-corrected chi connectivity index (χ0v) is 12.3. The normalized spacial score (nSPS) is 10.3. The summed E-state index contributed by atoms with van der Waals surface area (Å²) in [6, 6.07) is 2.97. The summed E-state index contributed by atoms with van der Waals surface area (Å²) in [6.07, 6.45) is 1.31. The molecular formula is C14H16N4O3. The highest BCUT2D eigenvalue weighted by molar-refractivity contribution is 6.03. The monoisotopic (exact) mass is 288 g/mol. The molecule has 2 rings (SSSR count). The van der Waals surface area contributed by atoms with Gasteiger partial charge >= 0.3 is 5.97 Å². The molecule has 7 nitrogen and oxygen atoms in total. The number of aryl methyl sites for hydroxylation is 2. The van der Waals surface area contributed by atoms with Crippen LogP contribution >= 0.6 is 0 Å². The van der Waals surface area contributed by atoms with Gasteiger partial charge in [0.15, 0.2) is 0 Å². The summed E-state index contributed by atoms with van der Waals surface area (Å²) in [6.45, 7) is 3.68. The summed E-state index contributed by atoms with van der Waals surface area (Å²) in [5.74, 6) is -0.848. The fraction of sp³-hybridized carbons (Fsp3) is 0.286. The Balaban J connectivity index is 2.19. The minimum absolute atomic E-state index is 0.213. The maximum atomic E-state index is 12.2. The van der Waals surface area contributed by atoms with Crippen molar-refractivity contribution in [2.24, 2.45) is 7.05 Å². The number of ether oxygens (including phenoxy) is 1. The Kier molecular flexibility index (Phi) is 4.02. The largest absolute Gasteiger partial charge is 0.465 e. The Hall–Kier alpha value is -2.70. The van der Waals surface area contributed by atoms with Gasteiger partial charge in [-0.15, -0.1) is 0 Å². The molecule has 110 valence electrons. The van der Waals surface area contributed by atoms with Crippen molar-refractivity contribution < 1.29 is 14.3 Å². The summed E-state index contributed by atoms with van der Waals surface area (Å²) in [5, 5.41) is 7.00. The fourth-order valence-electron chi connectivity index (χ4n) is 1.90. The molecule has 0 atom stereocenters. The molecule has 2 heterocycles. The van der Waals surface area contributed by atoms with Crippen molar-refractivity contribution >= 4 is 17.6 Å². The molecule has 7 heteroatoms. The number of methoxy groups -OCH3 is 1. The van der Waals surface area contributed by atoms with Gasteiger partial charge in [-0.3, -0.25) is 14.5 Å². The number of amides is 1. The minimum Gasteiger partial charge on any atom is -0.465 e. The molecule has 0 bridgehead atoms. The van der Waals surface area contributed by atoms with Gasteiger partial charge in [0.05, 0.1) is 29.7 Å². The van der Waals surface area contributed by atoms with E-state index in [-0.39, 0.29) is 11.6 Å². The van der Waals surface area contributed by atoms with Crippen LogP contribution in [0.2, 0.25) is 0 Å². The highest BCUT2D eigenvalue weighted by atomic mass is 16.5. The Bertz CT molecular complexity index is 689. The molecule has 1 amide bonds. The molecule has 21 heavy (non-hydrogen) atoms. The molecule has 0 aromatic carbocycles. The molecule has 2 aromatic rings. The van der Waals surface area contributed by atoms with Crippen LogP contribution in [0, 0.1) is 13.8 Å². The van der Waals surface area contributed by atoms with Crippen molar-refractivity contribution in [1.82, 2.24) is 14.8 Å². The third-order valence-corrected chi connectivity index (χ3v) is 3.16. The topological polar surface area (TPSA) is 86.1 Å². The summed E-state index contributed by atoms with van der Waals surface area (Å²) in [5.41, 5.74) is 2.76. The lowest BCUT2D eigenvalue weighted by Gasteiger charge is -2.05. The SMILES string of the molecule is COC(=O)c1ccc(C(=O)Nc2c(C)nn(C)c2C)nc1. The van der Waals surface area contributed by atoms with Crippen LogP contribution in [-0.4, -0.2) is 33.8 Å². The molecule has 0 aliphatic rings. The van der Waals surface area contributed by atoms with Gasteiger partial charge in [0, 0.05) is 13.2 Å². The predicted octanol–water partition coefficient (Wildman–Crippen LogP) is 1.47. The number of hydrogen-bond acceptors (Lipinski definition) is 5. The third-order valence-electron chi connectivity index (χ3n) is 3.16. The Labute approximate surface area is 121 Å². The van der Waals surface area contributed by atoms with E-state index < -0.39 is 5.97 Å². The van der Waals surface area contributed by atoms with Crippen LogP contribution in [0.5, 0.6) is 0 Å². The van der Waals surface area contributed by atoms with Crippen LogP contribution in [0.25, 0.3) is 0 Å². The molecule has 0 spiro atoms. The van der Waals surface area contributed by atoms with Gasteiger partial charge in [0.25, 0.3) is 5.91 Å². The van der Waals surface area contributed by atoms with Gasteiger partial charge < -0.3 is 10.1 Å². The van der Waals surface area contributed by atoms with E-state index in [1.165, 1.54) is 25.4 Å². The quantitative estimate of drug-likeness (QED) is 0.864. The van der Waals surface area contributed by atoms with E-state index in [1.807, 2.05) is 13.8 Å². The van der Waals surface area contributed by atoms with Gasteiger partial charge in [0.1, 0.15) is 5.69 Å². The van der Waals surface area contributed by atoms with Gasteiger partial charge in [-0.2, -0.15) is 5.10 Å². The first-order valence-corrected chi connectivity index (χ1v) is 6.30. The molecule has 2 aromatic heterocycles. The molecule has 0 fully saturated rings. The third kappa shape index (κ3) is 2.91. The Morgan fingerprint density at radius 3 is 2.48 bits per heavy atom. The zero-order chi connectivity index (χ0) is 15.6. The van der Waals surface area contributed by atoms with E-state index in [2.05, 4.69) is 20.1 Å². The number of hydrogen-bond donors (Lipinski definition) is 1. The standard InChI is InChI=1S/C14H16N4O3/c1-8-12(9(2)18(3)17-8)16-13(19)11-6-5-10(7-15-11)14(20)21-4/h5-7H,1-4H3,(H,16,19). The number of anilines is 1. The van der Waals surface area contributed by atoms with Crippen molar-refractivity contribution in [2.45, 2.75) is 13.8 Å². The summed E-state index contributed by atoms with van der Waals surface area (Å²) in [4.78, 5) is 27.4. The van der Waals surface area contributed by atoms with Crippen LogP contribution < -0.4 is 5.32 Å². The van der Waals surface area contributed by atoms with Crippen LogP contribution in [0.15, 0.2) is 18.3 Å². The predicted molar refractivity (Wildman–Crippen MR) is 76.2 cm³/mol. The zero-order valence-electron chi connectivity index (χ0n) is 12.3. The second kappa shape index (κ2) is 5.74. The van der Waals surface area contributed by atoms with E-state index in [9.17, 15) is 9.59 Å². The first-order valence-electron chi connectivity index (χ1n) is 6.30. The van der Waals surface area contributed by atoms with Crippen LogP contribution in [0.3, 0.4) is 0 Å². The van der Waals surface area contributed by atoms with Gasteiger partial charge in [-0.1, -0.05) is 0 Å². The molecule has 0 saturated carbocycles. The van der Waals surface area contributed by atoms with Crippen LogP contribution in [0.1, 0.15) is 32.2 Å². The number of aromatic nitrogens is 3. The van der Waals surface area contributed by atoms with Crippen molar-refractivity contribution in [2.75, 3.05) is 12.4 Å². The van der Waals surface area contributed by atoms with Crippen molar-refractivity contribution in [1.29, 1.82) is 0 Å². The molecule has 1 N–H and O–H groups in total. The highest BCUT2D eigenvalue weighted by Crippen LogP contribution is 2.19. The van der Waals surface area contributed by atoms with E-state index in [0.717, 1.165) is 11.4 Å². The molecule has 0 aliphatic heterocycles. The van der Waals surface area contributed by atoms with Crippen LogP contribution in [-0.2, 0) is 11.8 Å². The van der Waals surface area contributed by atoms with E-state index >= 15 is 0 Å². The molecule has 0 aliphatic carbocycles. The maximum Gasteiger partial charge on any atom is 0.339 e. The van der Waals surface area contributed by atoms with E-state index in [1.54, 1.807) is 11.7 Å². The van der Waals surface area contributed by atoms with Gasteiger partial charge in [-0.25, -0.2) is 4.79 Å². The number of nitrogens with one attached hydrogen (secondary N) is 1. The second-order valence-electron chi connectivity index (χ2n) is 4.55. The van der Waals surface area contributed by atoms with Crippen molar-refractivity contribution in [3.8, 4) is 0 Å². The average molecular weight is 288 g/mol. The second-order valence-corrected chi connectivity index (χ2v) is 4.55. The summed E-state index contributed by atoms with van der Waals surface area (Å²) < 4.78 is 6.27. The lowest BCUT2D eigenvalue weighted by molar-refractivity contribution is 0.0600. The van der Waals surface area contributed by atoms with Crippen molar-refractivity contribution in [3.63, 3.8) is 0 Å². The first-order chi connectivity index (χ1) is 9.93. The Morgan fingerprint density at radius 2 is 2.00 bits per heavy atom. The number of carbonyl (C=O) groups is 2. The highest BCUT2D eigenvalue weighted by Gasteiger charge is 2.15.